The number of methoxy groups -OCH3 is 1. The fourth-order valence-electron chi connectivity index (χ4n) is 6.33. The molecule has 6 aliphatic rings. The Labute approximate surface area is 129 Å². The van der Waals surface area contributed by atoms with Crippen molar-refractivity contribution >= 4 is 5.97 Å². The SMILES string of the molecule is COC(=O)C1[C@@H]2[C@@H]3C=C[C@H]([C@H]12)[C@@H]1[C@H]3[C@@H]2O[C@H]1c1ccccc12. The zero-order chi connectivity index (χ0) is 14.6. The molecule has 22 heavy (non-hydrogen) atoms. The number of carbonyl (C=O) groups excluding carboxylic acids is 1. The molecule has 0 amide bonds. The third-order valence-electron chi connectivity index (χ3n) is 6.99. The Hall–Kier alpha value is -1.61. The maximum atomic E-state index is 12.1. The molecule has 1 unspecified atom stereocenters. The lowest BCUT2D eigenvalue weighted by atomic mass is 9.57. The Balaban J connectivity index is 1.45. The van der Waals surface area contributed by atoms with Crippen molar-refractivity contribution in [3.05, 3.63) is 47.5 Å². The van der Waals surface area contributed by atoms with Gasteiger partial charge in [-0.15, -0.1) is 0 Å². The Morgan fingerprint density at radius 2 is 1.50 bits per heavy atom. The average molecular weight is 294 g/mol. The van der Waals surface area contributed by atoms with Gasteiger partial charge in [-0.05, 0) is 34.8 Å². The molecule has 0 spiro atoms. The van der Waals surface area contributed by atoms with Gasteiger partial charge < -0.3 is 9.47 Å². The van der Waals surface area contributed by atoms with Crippen LogP contribution in [0.1, 0.15) is 23.3 Å². The van der Waals surface area contributed by atoms with Crippen LogP contribution in [0.15, 0.2) is 36.4 Å². The van der Waals surface area contributed by atoms with Crippen LogP contribution in [0.3, 0.4) is 0 Å². The number of rotatable bonds is 1. The van der Waals surface area contributed by atoms with Crippen LogP contribution in [0, 0.1) is 41.4 Å². The lowest BCUT2D eigenvalue weighted by Gasteiger charge is -2.45. The quantitative estimate of drug-likeness (QED) is 0.590. The van der Waals surface area contributed by atoms with Gasteiger partial charge in [-0.2, -0.15) is 0 Å². The molecule has 1 aromatic rings. The number of hydrogen-bond donors (Lipinski definition) is 0. The summed E-state index contributed by atoms with van der Waals surface area (Å²) in [6.07, 6.45) is 5.23. The summed E-state index contributed by atoms with van der Waals surface area (Å²) in [5.74, 6) is 3.23. The van der Waals surface area contributed by atoms with Crippen molar-refractivity contribution in [2.24, 2.45) is 41.4 Å². The Bertz CT molecular complexity index is 672. The highest BCUT2D eigenvalue weighted by molar-refractivity contribution is 5.77. The van der Waals surface area contributed by atoms with E-state index >= 15 is 0 Å². The van der Waals surface area contributed by atoms with Crippen LogP contribution in [0.4, 0.5) is 0 Å². The summed E-state index contributed by atoms with van der Waals surface area (Å²) in [5, 5.41) is 0. The van der Waals surface area contributed by atoms with Crippen LogP contribution < -0.4 is 0 Å². The molecule has 112 valence electrons. The zero-order valence-electron chi connectivity index (χ0n) is 12.4. The first-order chi connectivity index (χ1) is 10.8. The first kappa shape index (κ1) is 11.9. The summed E-state index contributed by atoms with van der Waals surface area (Å²) < 4.78 is 11.5. The molecular formula is C19H18O3. The molecule has 7 rings (SSSR count). The standard InChI is InChI=1S/C19H18O3/c1-21-19(20)16-12-10-6-7-11(13(12)16)15-14(10)17-8-4-2-3-5-9(8)18(15)22-17/h2-7,10-18H,1H3/t10-,11+,12+,13-,14-,15+,16?,17+,18-. The van der Waals surface area contributed by atoms with Gasteiger partial charge in [0.2, 0.25) is 0 Å². The molecule has 9 atom stereocenters. The van der Waals surface area contributed by atoms with E-state index in [0.29, 0.717) is 35.5 Å². The first-order valence-electron chi connectivity index (χ1n) is 8.31. The first-order valence-corrected chi connectivity index (χ1v) is 8.31. The molecule has 0 radical (unpaired) electrons. The molecule has 3 heteroatoms. The minimum Gasteiger partial charge on any atom is -0.469 e. The molecule has 2 aliphatic heterocycles. The van der Waals surface area contributed by atoms with Crippen molar-refractivity contribution in [1.82, 2.24) is 0 Å². The predicted molar refractivity (Wildman–Crippen MR) is 78.6 cm³/mol. The van der Waals surface area contributed by atoms with Gasteiger partial charge in [-0.1, -0.05) is 36.4 Å². The molecular weight excluding hydrogens is 276 g/mol. The minimum absolute atomic E-state index is 0.000507. The van der Waals surface area contributed by atoms with Gasteiger partial charge in [0, 0.05) is 11.8 Å². The molecule has 4 bridgehead atoms. The van der Waals surface area contributed by atoms with Gasteiger partial charge in [0.25, 0.3) is 0 Å². The zero-order valence-corrected chi connectivity index (χ0v) is 12.4. The lowest BCUT2D eigenvalue weighted by Crippen LogP contribution is -2.41. The number of esters is 1. The van der Waals surface area contributed by atoms with Crippen LogP contribution in [0.2, 0.25) is 0 Å². The lowest BCUT2D eigenvalue weighted by molar-refractivity contribution is -0.143. The van der Waals surface area contributed by atoms with E-state index in [1.165, 1.54) is 18.2 Å². The molecule has 0 aromatic heterocycles. The Morgan fingerprint density at radius 1 is 0.955 bits per heavy atom. The van der Waals surface area contributed by atoms with Crippen LogP contribution in [0.25, 0.3) is 0 Å². The molecule has 3 nitrogen and oxygen atoms in total. The van der Waals surface area contributed by atoms with E-state index in [2.05, 4.69) is 36.4 Å². The summed E-state index contributed by atoms with van der Waals surface area (Å²) in [6, 6.07) is 8.69. The van der Waals surface area contributed by atoms with Crippen LogP contribution in [-0.2, 0) is 14.3 Å². The van der Waals surface area contributed by atoms with E-state index in [1.54, 1.807) is 0 Å². The molecule has 3 fully saturated rings. The largest absolute Gasteiger partial charge is 0.469 e. The molecule has 2 heterocycles. The summed E-state index contributed by atoms with van der Waals surface area (Å²) in [6.45, 7) is 0. The van der Waals surface area contributed by atoms with Crippen molar-refractivity contribution in [1.29, 1.82) is 0 Å². The molecule has 2 saturated carbocycles. The van der Waals surface area contributed by atoms with Gasteiger partial charge in [-0.25, -0.2) is 0 Å². The average Bonchev–Trinajstić information content (AvgIpc) is 3.07. The molecule has 1 aromatic carbocycles. The second-order valence-electron chi connectivity index (χ2n) is 7.50. The number of allylic oxidation sites excluding steroid dienone is 2. The molecule has 1 saturated heterocycles. The highest BCUT2D eigenvalue weighted by Crippen LogP contribution is 2.75. The van der Waals surface area contributed by atoms with Crippen molar-refractivity contribution in [3.63, 3.8) is 0 Å². The van der Waals surface area contributed by atoms with Gasteiger partial charge in [-0.3, -0.25) is 4.79 Å². The predicted octanol–water partition coefficient (Wildman–Crippen LogP) is 2.90. The van der Waals surface area contributed by atoms with Crippen molar-refractivity contribution in [3.8, 4) is 0 Å². The second-order valence-corrected chi connectivity index (χ2v) is 7.50. The number of carbonyl (C=O) groups is 1. The Morgan fingerprint density at radius 3 is 2.00 bits per heavy atom. The third kappa shape index (κ3) is 1.12. The van der Waals surface area contributed by atoms with Crippen molar-refractivity contribution in [2.45, 2.75) is 12.2 Å². The maximum Gasteiger partial charge on any atom is 0.309 e. The van der Waals surface area contributed by atoms with Crippen molar-refractivity contribution < 1.29 is 14.3 Å². The minimum atomic E-state index is -0.000507. The maximum absolute atomic E-state index is 12.1. The summed E-state index contributed by atoms with van der Waals surface area (Å²) in [5.41, 5.74) is 2.78. The van der Waals surface area contributed by atoms with Crippen LogP contribution >= 0.6 is 0 Å². The fourth-order valence-corrected chi connectivity index (χ4v) is 6.33. The van der Waals surface area contributed by atoms with Gasteiger partial charge in [0.1, 0.15) is 0 Å². The van der Waals surface area contributed by atoms with Gasteiger partial charge in [0.15, 0.2) is 0 Å². The number of ether oxygens (including phenoxy) is 2. The highest BCUT2D eigenvalue weighted by Gasteiger charge is 2.73. The second kappa shape index (κ2) is 3.65. The summed E-state index contributed by atoms with van der Waals surface area (Å²) in [7, 11) is 1.52. The van der Waals surface area contributed by atoms with E-state index in [9.17, 15) is 4.79 Å². The van der Waals surface area contributed by atoms with E-state index in [-0.39, 0.29) is 24.1 Å². The Kier molecular flexibility index (Phi) is 1.97. The normalized spacial score (nSPS) is 51.2. The van der Waals surface area contributed by atoms with Gasteiger partial charge >= 0.3 is 5.97 Å². The summed E-state index contributed by atoms with van der Waals surface area (Å²) >= 11 is 0. The van der Waals surface area contributed by atoms with E-state index in [1.807, 2.05) is 0 Å². The fraction of sp³-hybridized carbons (Fsp3) is 0.526. The van der Waals surface area contributed by atoms with Gasteiger partial charge in [0.05, 0.1) is 25.2 Å². The molecule has 4 aliphatic carbocycles. The van der Waals surface area contributed by atoms with Crippen molar-refractivity contribution in [2.75, 3.05) is 7.11 Å². The monoisotopic (exact) mass is 294 g/mol. The summed E-state index contributed by atoms with van der Waals surface area (Å²) in [4.78, 5) is 12.1. The van der Waals surface area contributed by atoms with E-state index < -0.39 is 0 Å². The van der Waals surface area contributed by atoms with E-state index in [4.69, 9.17) is 9.47 Å². The number of benzene rings is 1. The van der Waals surface area contributed by atoms with Crippen LogP contribution in [0.5, 0.6) is 0 Å². The number of fused-ring (bicyclic) bond motifs is 5. The van der Waals surface area contributed by atoms with Crippen LogP contribution in [-0.4, -0.2) is 13.1 Å². The topological polar surface area (TPSA) is 35.5 Å². The third-order valence-corrected chi connectivity index (χ3v) is 6.99. The smallest absolute Gasteiger partial charge is 0.309 e. The highest BCUT2D eigenvalue weighted by atomic mass is 16.5. The number of hydrogen-bond acceptors (Lipinski definition) is 3. The molecule has 0 N–H and O–H groups in total. The van der Waals surface area contributed by atoms with E-state index in [0.717, 1.165) is 0 Å².